The van der Waals surface area contributed by atoms with E-state index in [0.29, 0.717) is 31.8 Å². The molecule has 0 unspecified atom stereocenters. The Bertz CT molecular complexity index is 1000. The second-order valence-electron chi connectivity index (χ2n) is 8.50. The van der Waals surface area contributed by atoms with Gasteiger partial charge in [0.05, 0.1) is 19.8 Å². The number of esters is 1. The second kappa shape index (κ2) is 16.6. The molecule has 2 aromatic rings. The normalized spacial score (nSPS) is 12.9. The lowest BCUT2D eigenvalue weighted by molar-refractivity contribution is -0.138. The minimum atomic E-state index is -0.286. The van der Waals surface area contributed by atoms with Crippen LogP contribution in [0.5, 0.6) is 5.75 Å². The van der Waals surface area contributed by atoms with E-state index in [9.17, 15) is 4.79 Å². The van der Waals surface area contributed by atoms with Gasteiger partial charge in [-0.2, -0.15) is 23.5 Å². The molecule has 0 heterocycles. The van der Waals surface area contributed by atoms with E-state index in [1.54, 1.807) is 11.8 Å². The highest BCUT2D eigenvalue weighted by atomic mass is 32.2. The van der Waals surface area contributed by atoms with Gasteiger partial charge in [0.25, 0.3) is 0 Å². The zero-order valence-electron chi connectivity index (χ0n) is 21.3. The number of aryl methyl sites for hydroxylation is 1. The van der Waals surface area contributed by atoms with E-state index < -0.39 is 0 Å². The molecule has 0 bridgehead atoms. The van der Waals surface area contributed by atoms with Gasteiger partial charge in [-0.3, -0.25) is 0 Å². The number of ether oxygens (including phenoxy) is 3. The molecule has 0 saturated heterocycles. The summed E-state index contributed by atoms with van der Waals surface area (Å²) in [6.07, 6.45) is 6.32. The van der Waals surface area contributed by atoms with E-state index in [1.807, 2.05) is 18.7 Å². The van der Waals surface area contributed by atoms with Crippen molar-refractivity contribution in [3.8, 4) is 5.75 Å². The summed E-state index contributed by atoms with van der Waals surface area (Å²) in [6.45, 7) is 8.14. The van der Waals surface area contributed by atoms with Crippen LogP contribution in [-0.2, 0) is 20.7 Å². The van der Waals surface area contributed by atoms with Gasteiger partial charge < -0.3 is 14.2 Å². The highest BCUT2D eigenvalue weighted by Crippen LogP contribution is 2.34. The molecule has 2 aromatic carbocycles. The number of benzene rings is 2. The van der Waals surface area contributed by atoms with Gasteiger partial charge in [-0.05, 0) is 48.4 Å². The van der Waals surface area contributed by atoms with Crippen molar-refractivity contribution in [3.05, 3.63) is 77.4 Å². The summed E-state index contributed by atoms with van der Waals surface area (Å²) < 4.78 is 17.1. The molecule has 4 nitrogen and oxygen atoms in total. The van der Waals surface area contributed by atoms with Crippen molar-refractivity contribution in [2.75, 3.05) is 49.4 Å². The van der Waals surface area contributed by atoms with Gasteiger partial charge in [0.2, 0.25) is 0 Å². The van der Waals surface area contributed by atoms with Crippen LogP contribution in [0.1, 0.15) is 42.9 Å². The first kappa shape index (κ1) is 28.4. The third-order valence-corrected chi connectivity index (χ3v) is 7.74. The SMILES string of the molecule is C=C(CC)C(=O)OCCSCCOCCSCCOc1ccccc1C1=Cc2ccccc2CCC1. The summed E-state index contributed by atoms with van der Waals surface area (Å²) in [5, 5.41) is 0. The second-order valence-corrected chi connectivity index (χ2v) is 10.9. The third kappa shape index (κ3) is 9.72. The minimum absolute atomic E-state index is 0.286. The van der Waals surface area contributed by atoms with Crippen LogP contribution < -0.4 is 4.74 Å². The molecule has 3 rings (SSSR count). The minimum Gasteiger partial charge on any atom is -0.492 e. The van der Waals surface area contributed by atoms with Crippen molar-refractivity contribution in [1.82, 2.24) is 0 Å². The van der Waals surface area contributed by atoms with Gasteiger partial charge in [0.15, 0.2) is 0 Å². The predicted octanol–water partition coefficient (Wildman–Crippen LogP) is 6.93. The lowest BCUT2D eigenvalue weighted by Gasteiger charge is -2.14. The number of rotatable bonds is 16. The Balaban J connectivity index is 1.27. The molecule has 0 aliphatic heterocycles. The Hall–Kier alpha value is -2.15. The van der Waals surface area contributed by atoms with Crippen molar-refractivity contribution in [2.45, 2.75) is 32.6 Å². The molecule has 194 valence electrons. The van der Waals surface area contributed by atoms with Crippen molar-refractivity contribution in [3.63, 3.8) is 0 Å². The Morgan fingerprint density at radius 2 is 1.58 bits per heavy atom. The van der Waals surface area contributed by atoms with Gasteiger partial charge in [0, 0.05) is 34.1 Å². The van der Waals surface area contributed by atoms with Crippen LogP contribution in [0.15, 0.2) is 60.7 Å². The van der Waals surface area contributed by atoms with E-state index in [2.05, 4.69) is 61.2 Å². The first-order valence-electron chi connectivity index (χ1n) is 12.8. The highest BCUT2D eigenvalue weighted by molar-refractivity contribution is 7.99. The summed E-state index contributed by atoms with van der Waals surface area (Å²) in [7, 11) is 0. The molecule has 0 spiro atoms. The Morgan fingerprint density at radius 1 is 0.889 bits per heavy atom. The number of allylic oxidation sites excluding steroid dienone is 1. The lowest BCUT2D eigenvalue weighted by Crippen LogP contribution is -2.10. The standard InChI is InChI=1S/C30H38O4S2/c1-3-24(2)30(31)34-18-22-36-20-16-32-15-19-35-21-17-33-29-14-7-6-13-28(29)27-12-8-11-25-9-4-5-10-26(25)23-27/h4-7,9-10,13-14,23H,2-3,8,11-12,15-22H2,1H3. The maximum atomic E-state index is 11.5. The average Bonchev–Trinajstić information content (AvgIpc) is 3.13. The lowest BCUT2D eigenvalue weighted by atomic mass is 9.99. The maximum absolute atomic E-state index is 11.5. The molecule has 0 radical (unpaired) electrons. The molecule has 0 saturated carbocycles. The molecule has 36 heavy (non-hydrogen) atoms. The van der Waals surface area contributed by atoms with Gasteiger partial charge >= 0.3 is 5.97 Å². The monoisotopic (exact) mass is 526 g/mol. The Labute approximate surface area is 224 Å². The Morgan fingerprint density at radius 3 is 2.39 bits per heavy atom. The number of para-hydroxylation sites is 1. The first-order valence-corrected chi connectivity index (χ1v) is 15.1. The zero-order chi connectivity index (χ0) is 25.4. The van der Waals surface area contributed by atoms with Crippen LogP contribution >= 0.6 is 23.5 Å². The van der Waals surface area contributed by atoms with Crippen LogP contribution in [0.25, 0.3) is 11.6 Å². The number of carbonyl (C=O) groups excluding carboxylic acids is 1. The van der Waals surface area contributed by atoms with Crippen LogP contribution in [0, 0.1) is 0 Å². The molecule has 0 atom stereocenters. The van der Waals surface area contributed by atoms with Gasteiger partial charge in [-0.15, -0.1) is 0 Å². The number of hydrogen-bond acceptors (Lipinski definition) is 6. The topological polar surface area (TPSA) is 44.8 Å². The molecule has 0 aromatic heterocycles. The number of hydrogen-bond donors (Lipinski definition) is 0. The zero-order valence-corrected chi connectivity index (χ0v) is 23.0. The quantitative estimate of drug-likeness (QED) is 0.134. The molecule has 0 N–H and O–H groups in total. The van der Waals surface area contributed by atoms with E-state index >= 15 is 0 Å². The fraction of sp³-hybridized carbons (Fsp3) is 0.433. The highest BCUT2D eigenvalue weighted by Gasteiger charge is 2.13. The maximum Gasteiger partial charge on any atom is 0.333 e. The van der Waals surface area contributed by atoms with Crippen LogP contribution in [-0.4, -0.2) is 55.4 Å². The smallest absolute Gasteiger partial charge is 0.333 e. The number of carbonyl (C=O) groups is 1. The molecule has 0 fully saturated rings. The summed E-state index contributed by atoms with van der Waals surface area (Å²) in [6, 6.07) is 17.1. The molecule has 6 heteroatoms. The van der Waals surface area contributed by atoms with Gasteiger partial charge in [-0.25, -0.2) is 4.79 Å². The summed E-state index contributed by atoms with van der Waals surface area (Å²) in [5.41, 5.74) is 5.86. The van der Waals surface area contributed by atoms with E-state index in [4.69, 9.17) is 14.2 Å². The van der Waals surface area contributed by atoms with Crippen molar-refractivity contribution >= 4 is 41.1 Å². The van der Waals surface area contributed by atoms with E-state index in [0.717, 1.165) is 54.6 Å². The van der Waals surface area contributed by atoms with Crippen molar-refractivity contribution in [1.29, 1.82) is 0 Å². The van der Waals surface area contributed by atoms with E-state index in [-0.39, 0.29) is 5.97 Å². The third-order valence-electron chi connectivity index (χ3n) is 5.92. The molecule has 1 aliphatic rings. The molecule has 0 amide bonds. The molecule has 1 aliphatic carbocycles. The van der Waals surface area contributed by atoms with Crippen LogP contribution in [0.4, 0.5) is 0 Å². The van der Waals surface area contributed by atoms with Crippen molar-refractivity contribution < 1.29 is 19.0 Å². The summed E-state index contributed by atoms with van der Waals surface area (Å²) >= 11 is 3.58. The van der Waals surface area contributed by atoms with Gasteiger partial charge in [0.1, 0.15) is 12.4 Å². The summed E-state index contributed by atoms with van der Waals surface area (Å²) in [5.74, 6) is 4.25. The fourth-order valence-electron chi connectivity index (χ4n) is 3.89. The molecular formula is C30H38O4S2. The fourth-order valence-corrected chi connectivity index (χ4v) is 5.18. The van der Waals surface area contributed by atoms with Crippen LogP contribution in [0.3, 0.4) is 0 Å². The predicted molar refractivity (Wildman–Crippen MR) is 155 cm³/mol. The number of thioether (sulfide) groups is 2. The number of fused-ring (bicyclic) bond motifs is 1. The Kier molecular flexibility index (Phi) is 13.1. The first-order chi connectivity index (χ1) is 17.7. The molecular weight excluding hydrogens is 488 g/mol. The van der Waals surface area contributed by atoms with E-state index in [1.165, 1.54) is 22.3 Å². The average molecular weight is 527 g/mol. The van der Waals surface area contributed by atoms with Gasteiger partial charge in [-0.1, -0.05) is 62.0 Å². The largest absolute Gasteiger partial charge is 0.492 e. The summed E-state index contributed by atoms with van der Waals surface area (Å²) in [4.78, 5) is 11.5. The van der Waals surface area contributed by atoms with Crippen LogP contribution in [0.2, 0.25) is 0 Å². The van der Waals surface area contributed by atoms with Crippen molar-refractivity contribution in [2.24, 2.45) is 0 Å².